The van der Waals surface area contributed by atoms with E-state index in [1.807, 2.05) is 7.05 Å². The van der Waals surface area contributed by atoms with Crippen LogP contribution in [0.5, 0.6) is 0 Å². The van der Waals surface area contributed by atoms with E-state index < -0.39 is 29.2 Å². The number of oxime groups is 1. The minimum Gasteiger partial charge on any atom is -0.543 e. The lowest BCUT2D eigenvalue weighted by atomic mass is 10.0. The van der Waals surface area contributed by atoms with Crippen LogP contribution < -0.4 is 26.5 Å². The summed E-state index contributed by atoms with van der Waals surface area (Å²) in [4.78, 5) is 52.2. The van der Waals surface area contributed by atoms with Gasteiger partial charge in [-0.25, -0.2) is 9.55 Å². The summed E-state index contributed by atoms with van der Waals surface area (Å²) in [6.45, 7) is 0. The van der Waals surface area contributed by atoms with Gasteiger partial charge in [-0.2, -0.15) is 4.98 Å². The van der Waals surface area contributed by atoms with Gasteiger partial charge < -0.3 is 31.5 Å². The molecule has 3 aromatic heterocycles. The number of nitrogen functional groups attached to an aromatic ring is 2. The van der Waals surface area contributed by atoms with Crippen LogP contribution in [0.25, 0.3) is 5.65 Å². The average Bonchev–Trinajstić information content (AvgIpc) is 3.48. The second kappa shape index (κ2) is 10.1. The maximum atomic E-state index is 13.0. The Labute approximate surface area is 226 Å². The first kappa shape index (κ1) is 25.7. The van der Waals surface area contributed by atoms with E-state index in [0.717, 1.165) is 16.2 Å². The van der Waals surface area contributed by atoms with Crippen LogP contribution in [0.1, 0.15) is 5.69 Å². The second-order valence-corrected chi connectivity index (χ2v) is 11.0. The molecule has 1 saturated heterocycles. The number of aryl methyl sites for hydroxylation is 1. The molecule has 1 fully saturated rings. The number of anilines is 2. The number of aromatic nitrogens is 5. The number of nitrogens with two attached hydrogens (primary N) is 2. The van der Waals surface area contributed by atoms with E-state index in [1.54, 1.807) is 21.5 Å². The van der Waals surface area contributed by atoms with Gasteiger partial charge in [-0.05, 0) is 10.1 Å². The molecule has 5 heterocycles. The van der Waals surface area contributed by atoms with Crippen LogP contribution in [-0.4, -0.2) is 78.0 Å². The Balaban J connectivity index is 1.34. The lowest BCUT2D eigenvalue weighted by Crippen LogP contribution is -2.71. The Kier molecular flexibility index (Phi) is 6.84. The fraction of sp³-hybridized carbons (Fsp3) is 0.300. The third-order valence-corrected chi connectivity index (χ3v) is 8.70. The molecule has 18 heteroatoms. The van der Waals surface area contributed by atoms with E-state index in [4.69, 9.17) is 16.3 Å². The van der Waals surface area contributed by atoms with Gasteiger partial charge in [-0.15, -0.1) is 23.1 Å². The van der Waals surface area contributed by atoms with Crippen LogP contribution in [0.3, 0.4) is 0 Å². The maximum Gasteiger partial charge on any atom is 0.276 e. The molecule has 0 bridgehead atoms. The normalized spacial score (nSPS) is 19.4. The van der Waals surface area contributed by atoms with Gasteiger partial charge in [0.25, 0.3) is 28.9 Å². The van der Waals surface area contributed by atoms with Crippen molar-refractivity contribution in [2.45, 2.75) is 16.6 Å². The second-order valence-electron chi connectivity index (χ2n) is 8.06. The van der Waals surface area contributed by atoms with Gasteiger partial charge in [-0.1, -0.05) is 16.9 Å². The van der Waals surface area contributed by atoms with E-state index in [-0.39, 0.29) is 39.6 Å². The van der Waals surface area contributed by atoms with Gasteiger partial charge in [0.05, 0.1) is 24.8 Å². The molecule has 15 nitrogen and oxygen atoms in total. The number of hydrogen-bond acceptors (Lipinski definition) is 14. The van der Waals surface area contributed by atoms with Crippen LogP contribution in [-0.2, 0) is 26.3 Å². The molecule has 0 aromatic carbocycles. The molecule has 5 rings (SSSR count). The zero-order valence-corrected chi connectivity index (χ0v) is 22.3. The number of fused-ring (bicyclic) bond motifs is 2. The molecule has 1 unspecified atom stereocenters. The van der Waals surface area contributed by atoms with Gasteiger partial charge in [0, 0.05) is 22.0 Å². The molecule has 0 aliphatic carbocycles. The molecule has 3 aromatic rings. The van der Waals surface area contributed by atoms with Crippen molar-refractivity contribution in [3.8, 4) is 0 Å². The molecule has 2 atom stereocenters. The highest BCUT2D eigenvalue weighted by molar-refractivity contribution is 8.01. The predicted octanol–water partition coefficient (Wildman–Crippen LogP) is -2.28. The molecule has 2 aliphatic heterocycles. The van der Waals surface area contributed by atoms with Crippen molar-refractivity contribution in [3.05, 3.63) is 34.7 Å². The third-order valence-electron chi connectivity index (χ3n) is 5.67. The van der Waals surface area contributed by atoms with Crippen molar-refractivity contribution < 1.29 is 28.9 Å². The number of carboxylic acids is 1. The van der Waals surface area contributed by atoms with Crippen molar-refractivity contribution in [1.82, 2.24) is 29.8 Å². The van der Waals surface area contributed by atoms with Gasteiger partial charge in [0.2, 0.25) is 0 Å². The minimum atomic E-state index is -1.49. The fourth-order valence-electron chi connectivity index (χ4n) is 3.96. The van der Waals surface area contributed by atoms with Crippen molar-refractivity contribution in [2.75, 3.05) is 30.1 Å². The molecule has 0 spiro atoms. The largest absolute Gasteiger partial charge is 0.543 e. The summed E-state index contributed by atoms with van der Waals surface area (Å²) in [7, 11) is 3.08. The number of carboxylic acid groups (broad SMARTS) is 1. The van der Waals surface area contributed by atoms with E-state index in [9.17, 15) is 19.5 Å². The SMILES string of the molecule is CO/N=C(\C(=O)NC1C(=O)N2C(C(=O)[O-])=C(CSc3nc(N)cc4n3nc[n+]4C)CS[C@@H]12)c1csc(N)n1. The van der Waals surface area contributed by atoms with Crippen LogP contribution in [0, 0.1) is 0 Å². The fourth-order valence-corrected chi connectivity index (χ4v) is 6.96. The summed E-state index contributed by atoms with van der Waals surface area (Å²) in [6.07, 6.45) is 1.60. The first-order valence-corrected chi connectivity index (χ1v) is 13.7. The maximum absolute atomic E-state index is 13.0. The number of thioether (sulfide) groups is 2. The van der Waals surface area contributed by atoms with Crippen LogP contribution in [0.4, 0.5) is 10.9 Å². The lowest BCUT2D eigenvalue weighted by Gasteiger charge is -2.50. The van der Waals surface area contributed by atoms with Gasteiger partial charge in [0.15, 0.2) is 10.8 Å². The molecule has 2 aliphatic rings. The van der Waals surface area contributed by atoms with Gasteiger partial charge in [-0.3, -0.25) is 14.5 Å². The number of nitrogens with one attached hydrogen (secondary N) is 1. The summed E-state index contributed by atoms with van der Waals surface area (Å²) in [5, 5.41) is 24.3. The number of β-lactam (4-membered cyclic amide) rings is 1. The number of carbonyl (C=O) groups excluding carboxylic acids is 3. The molecule has 198 valence electrons. The van der Waals surface area contributed by atoms with Crippen molar-refractivity contribution in [2.24, 2.45) is 12.2 Å². The lowest BCUT2D eigenvalue weighted by molar-refractivity contribution is -0.646. The Hall–Kier alpha value is -3.90. The summed E-state index contributed by atoms with van der Waals surface area (Å²) in [5.41, 5.74) is 12.6. The molecular formula is C20H20N10O5S3. The Bertz CT molecular complexity index is 1530. The number of hydrogen-bond donors (Lipinski definition) is 3. The highest BCUT2D eigenvalue weighted by Crippen LogP contribution is 2.41. The number of rotatable bonds is 8. The molecule has 0 radical (unpaired) electrons. The number of amides is 2. The highest BCUT2D eigenvalue weighted by Gasteiger charge is 2.53. The third kappa shape index (κ3) is 4.50. The van der Waals surface area contributed by atoms with Crippen molar-refractivity contribution >= 4 is 75.0 Å². The number of carbonyl (C=O) groups is 3. The van der Waals surface area contributed by atoms with E-state index in [2.05, 4.69) is 25.5 Å². The van der Waals surface area contributed by atoms with Crippen molar-refractivity contribution in [1.29, 1.82) is 0 Å². The first-order chi connectivity index (χ1) is 18.2. The standard InChI is InChI=1S/C20H20N10O5S3/c1-28-7-23-30-11(28)3-10(21)25-20(30)38-5-8-4-36-17-13(16(32)29(17)14(8)18(33)34)26-15(31)12(27-35-2)9-6-37-19(22)24-9/h3,6-7,13,17,21H,4-5H2,1-2H3,(H4,22,24,26,31,33,34)/b27-12-/t13?,17-/m0/s1. The molecule has 2 amide bonds. The summed E-state index contributed by atoms with van der Waals surface area (Å²) >= 11 is 3.67. The Morgan fingerprint density at radius 1 is 1.39 bits per heavy atom. The van der Waals surface area contributed by atoms with E-state index >= 15 is 0 Å². The van der Waals surface area contributed by atoms with Crippen LogP contribution in [0.2, 0.25) is 0 Å². The summed E-state index contributed by atoms with van der Waals surface area (Å²) in [6, 6.07) is 0.692. The minimum absolute atomic E-state index is 0.159. The van der Waals surface area contributed by atoms with E-state index in [0.29, 0.717) is 16.4 Å². The summed E-state index contributed by atoms with van der Waals surface area (Å²) < 4.78 is 3.36. The Morgan fingerprint density at radius 3 is 2.87 bits per heavy atom. The smallest absolute Gasteiger partial charge is 0.276 e. The molecular weight excluding hydrogens is 556 g/mol. The number of nitrogens with zero attached hydrogens (tertiary/aromatic N) is 7. The van der Waals surface area contributed by atoms with Crippen LogP contribution in [0.15, 0.2) is 39.4 Å². The highest BCUT2D eigenvalue weighted by atomic mass is 32.2. The predicted molar refractivity (Wildman–Crippen MR) is 136 cm³/mol. The zero-order valence-electron chi connectivity index (χ0n) is 19.9. The molecule has 38 heavy (non-hydrogen) atoms. The molecule has 5 N–H and O–H groups in total. The van der Waals surface area contributed by atoms with Crippen molar-refractivity contribution in [3.63, 3.8) is 0 Å². The number of thiazole rings is 1. The van der Waals surface area contributed by atoms with Gasteiger partial charge in [0.1, 0.15) is 30.0 Å². The van der Waals surface area contributed by atoms with Crippen LogP contribution >= 0.6 is 34.9 Å². The summed E-state index contributed by atoms with van der Waals surface area (Å²) in [5.74, 6) is -2.00. The zero-order chi connectivity index (χ0) is 27.1. The Morgan fingerprint density at radius 2 is 2.18 bits per heavy atom. The monoisotopic (exact) mass is 576 g/mol. The molecule has 0 saturated carbocycles. The van der Waals surface area contributed by atoms with E-state index in [1.165, 1.54) is 36.0 Å². The topological polar surface area (TPSA) is 210 Å². The first-order valence-electron chi connectivity index (χ1n) is 10.8. The quantitative estimate of drug-likeness (QED) is 0.0647. The average molecular weight is 577 g/mol. The number of aliphatic carboxylic acids is 1. The van der Waals surface area contributed by atoms with Gasteiger partial charge >= 0.3 is 0 Å².